The van der Waals surface area contributed by atoms with E-state index in [-0.39, 0.29) is 54.4 Å². The second-order valence-corrected chi connectivity index (χ2v) is 12.0. The summed E-state index contributed by atoms with van der Waals surface area (Å²) in [5.74, 6) is -2.30. The van der Waals surface area contributed by atoms with Gasteiger partial charge in [-0.15, -0.1) is 0 Å². The monoisotopic (exact) mass is 526 g/mol. The first-order valence-electron chi connectivity index (χ1n) is 13.4. The number of esters is 3. The van der Waals surface area contributed by atoms with E-state index >= 15 is 0 Å². The van der Waals surface area contributed by atoms with Crippen LogP contribution in [0, 0.1) is 23.7 Å². The first-order chi connectivity index (χ1) is 17.0. The van der Waals surface area contributed by atoms with Gasteiger partial charge in [-0.3, -0.25) is 24.0 Å². The van der Waals surface area contributed by atoms with Crippen LogP contribution in [0.5, 0.6) is 0 Å². The highest BCUT2D eigenvalue weighted by atomic mass is 16.6. The maximum atomic E-state index is 12.0. The molecule has 1 N–H and O–H groups in total. The minimum absolute atomic E-state index is 0.0731. The summed E-state index contributed by atoms with van der Waals surface area (Å²) in [6, 6.07) is 0. The minimum Gasteiger partial charge on any atom is -0.481 e. The fraction of sp³-hybridized carbons (Fsp3) is 0.821. The number of carboxylic acid groups (broad SMARTS) is 1. The van der Waals surface area contributed by atoms with Crippen molar-refractivity contribution in [2.45, 2.75) is 117 Å². The van der Waals surface area contributed by atoms with E-state index in [1.54, 1.807) is 6.92 Å². The third kappa shape index (κ3) is 13.1. The van der Waals surface area contributed by atoms with Crippen molar-refractivity contribution >= 4 is 29.7 Å². The Morgan fingerprint density at radius 2 is 1.00 bits per heavy atom. The number of hydrogen-bond acceptors (Lipinski definition) is 8. The first kappa shape index (κ1) is 32.6. The van der Waals surface area contributed by atoms with Gasteiger partial charge < -0.3 is 19.3 Å². The van der Waals surface area contributed by atoms with Crippen LogP contribution in [0.25, 0.3) is 0 Å². The molecule has 0 saturated heterocycles. The predicted molar refractivity (Wildman–Crippen MR) is 136 cm³/mol. The first-order valence-corrected chi connectivity index (χ1v) is 13.4. The molecule has 0 aliphatic heterocycles. The Bertz CT molecular complexity index is 787. The van der Waals surface area contributed by atoms with Gasteiger partial charge in [0.2, 0.25) is 0 Å². The molecule has 0 radical (unpaired) electrons. The normalized spacial score (nSPS) is 24.1. The molecule has 9 heteroatoms. The molecule has 9 nitrogen and oxygen atoms in total. The quantitative estimate of drug-likeness (QED) is 0.280. The van der Waals surface area contributed by atoms with Crippen LogP contribution in [0.2, 0.25) is 0 Å². The molecular formula is C28H46O9. The van der Waals surface area contributed by atoms with Crippen molar-refractivity contribution in [3.63, 3.8) is 0 Å². The predicted octanol–water partition coefficient (Wildman–Crippen LogP) is 4.88. The van der Waals surface area contributed by atoms with Gasteiger partial charge in [0.1, 0.15) is 23.4 Å². The number of hydrogen-bond donors (Lipinski definition) is 1. The standard InChI is InChI=1S/C16H26O5.C12H20O4/c1-5-20-14(18)10-13(17)11-6-8-12(9-7-11)15(19)21-16(2,3)4;1-12(2,3)16-11(15)9-6-4-8(5-7-9)10(13)14/h11-12H,5-10H2,1-4H3;8-9H,4-7H2,1-3H3,(H,13,14). The second-order valence-electron chi connectivity index (χ2n) is 12.0. The van der Waals surface area contributed by atoms with Gasteiger partial charge in [0, 0.05) is 5.92 Å². The molecule has 0 aromatic heterocycles. The molecule has 0 unspecified atom stereocenters. The van der Waals surface area contributed by atoms with Gasteiger partial charge in [-0.1, -0.05) is 0 Å². The number of ether oxygens (including phenoxy) is 3. The molecule has 0 spiro atoms. The Morgan fingerprint density at radius 3 is 1.32 bits per heavy atom. The Morgan fingerprint density at radius 1 is 0.649 bits per heavy atom. The summed E-state index contributed by atoms with van der Waals surface area (Å²) < 4.78 is 15.4. The molecule has 0 amide bonds. The number of carbonyl (C=O) groups excluding carboxylic acids is 4. The molecule has 0 bridgehead atoms. The van der Waals surface area contributed by atoms with Gasteiger partial charge in [-0.25, -0.2) is 0 Å². The zero-order chi connectivity index (χ0) is 28.4. The number of Topliss-reactive ketones (excluding diaryl/α,β-unsaturated/α-hetero) is 1. The molecule has 2 aliphatic rings. The molecular weight excluding hydrogens is 480 g/mol. The van der Waals surface area contributed by atoms with Gasteiger partial charge in [-0.2, -0.15) is 0 Å². The Hall–Kier alpha value is -2.45. The Balaban J connectivity index is 0.000000384. The summed E-state index contributed by atoms with van der Waals surface area (Å²) >= 11 is 0. The number of ketones is 1. The van der Waals surface area contributed by atoms with Crippen molar-refractivity contribution in [3.05, 3.63) is 0 Å². The van der Waals surface area contributed by atoms with E-state index < -0.39 is 23.1 Å². The van der Waals surface area contributed by atoms with Crippen LogP contribution in [0.1, 0.15) is 106 Å². The van der Waals surface area contributed by atoms with Crippen LogP contribution >= 0.6 is 0 Å². The average Bonchev–Trinajstić information content (AvgIpc) is 2.77. The largest absolute Gasteiger partial charge is 0.481 e. The molecule has 0 aromatic carbocycles. The summed E-state index contributed by atoms with van der Waals surface area (Å²) in [7, 11) is 0. The fourth-order valence-electron chi connectivity index (χ4n) is 4.50. The average molecular weight is 527 g/mol. The SMILES string of the molecule is CC(C)(C)OC(=O)C1CCC(C(=O)O)CC1.CCOC(=O)CC(=O)C1CCC(C(=O)OC(C)(C)C)CC1. The van der Waals surface area contributed by atoms with E-state index in [1.807, 2.05) is 41.5 Å². The van der Waals surface area contributed by atoms with Gasteiger partial charge in [0.05, 0.1) is 24.4 Å². The van der Waals surface area contributed by atoms with Crippen LogP contribution < -0.4 is 0 Å². The van der Waals surface area contributed by atoms with E-state index in [0.29, 0.717) is 51.4 Å². The molecule has 2 saturated carbocycles. The smallest absolute Gasteiger partial charge is 0.313 e. The van der Waals surface area contributed by atoms with Crippen molar-refractivity contribution in [1.82, 2.24) is 0 Å². The fourth-order valence-corrected chi connectivity index (χ4v) is 4.50. The molecule has 2 fully saturated rings. The third-order valence-electron chi connectivity index (χ3n) is 6.36. The lowest BCUT2D eigenvalue weighted by Gasteiger charge is -2.29. The second kappa shape index (κ2) is 14.5. The highest BCUT2D eigenvalue weighted by Gasteiger charge is 2.34. The van der Waals surface area contributed by atoms with E-state index in [9.17, 15) is 24.0 Å². The number of carbonyl (C=O) groups is 5. The molecule has 0 aromatic rings. The Labute approximate surface area is 221 Å². The molecule has 2 aliphatic carbocycles. The lowest BCUT2D eigenvalue weighted by Crippen LogP contribution is -2.32. The van der Waals surface area contributed by atoms with Crippen molar-refractivity contribution in [2.75, 3.05) is 6.61 Å². The van der Waals surface area contributed by atoms with E-state index in [2.05, 4.69) is 0 Å². The van der Waals surface area contributed by atoms with Crippen molar-refractivity contribution in [2.24, 2.45) is 23.7 Å². The van der Waals surface area contributed by atoms with E-state index in [1.165, 1.54) is 0 Å². The topological polar surface area (TPSA) is 133 Å². The van der Waals surface area contributed by atoms with Crippen molar-refractivity contribution in [1.29, 1.82) is 0 Å². The molecule has 0 heterocycles. The zero-order valence-electron chi connectivity index (χ0n) is 23.6. The zero-order valence-corrected chi connectivity index (χ0v) is 23.6. The summed E-state index contributed by atoms with van der Waals surface area (Å²) in [4.78, 5) is 57.7. The van der Waals surface area contributed by atoms with Crippen molar-refractivity contribution < 1.29 is 43.3 Å². The minimum atomic E-state index is -0.748. The summed E-state index contributed by atoms with van der Waals surface area (Å²) in [5.41, 5.74) is -0.936. The number of carboxylic acids is 1. The van der Waals surface area contributed by atoms with Gasteiger partial charge in [0.25, 0.3) is 0 Å². The highest BCUT2D eigenvalue weighted by molar-refractivity contribution is 5.96. The van der Waals surface area contributed by atoms with Gasteiger partial charge in [-0.05, 0) is 99.8 Å². The Kier molecular flexibility index (Phi) is 12.7. The van der Waals surface area contributed by atoms with E-state index in [0.717, 1.165) is 0 Å². The lowest BCUT2D eigenvalue weighted by atomic mass is 9.79. The highest BCUT2D eigenvalue weighted by Crippen LogP contribution is 2.32. The molecule has 2 rings (SSSR count). The lowest BCUT2D eigenvalue weighted by molar-refractivity contribution is -0.163. The summed E-state index contributed by atoms with van der Waals surface area (Å²) in [6.07, 6.45) is 4.85. The number of rotatable bonds is 7. The van der Waals surface area contributed by atoms with Crippen LogP contribution in [0.15, 0.2) is 0 Å². The van der Waals surface area contributed by atoms with Crippen LogP contribution in [0.3, 0.4) is 0 Å². The molecule has 37 heavy (non-hydrogen) atoms. The third-order valence-corrected chi connectivity index (χ3v) is 6.36. The van der Waals surface area contributed by atoms with Gasteiger partial charge in [0.15, 0.2) is 0 Å². The van der Waals surface area contributed by atoms with E-state index in [4.69, 9.17) is 19.3 Å². The maximum absolute atomic E-state index is 12.0. The van der Waals surface area contributed by atoms with Crippen LogP contribution in [0.4, 0.5) is 0 Å². The summed E-state index contributed by atoms with van der Waals surface area (Å²) in [6.45, 7) is 13.1. The number of aliphatic carboxylic acids is 1. The molecule has 0 atom stereocenters. The van der Waals surface area contributed by atoms with Gasteiger partial charge >= 0.3 is 23.9 Å². The van der Waals surface area contributed by atoms with Crippen LogP contribution in [-0.2, 0) is 38.2 Å². The van der Waals surface area contributed by atoms with Crippen molar-refractivity contribution in [3.8, 4) is 0 Å². The maximum Gasteiger partial charge on any atom is 0.313 e. The molecule has 212 valence electrons. The van der Waals surface area contributed by atoms with Crippen LogP contribution in [-0.4, -0.2) is 52.6 Å². The summed E-state index contributed by atoms with van der Waals surface area (Å²) in [5, 5.41) is 8.83.